The van der Waals surface area contributed by atoms with Gasteiger partial charge in [0.2, 0.25) is 5.91 Å². The van der Waals surface area contributed by atoms with Crippen LogP contribution >= 0.6 is 0 Å². The molecule has 1 atom stereocenters. The van der Waals surface area contributed by atoms with Gasteiger partial charge in [-0.1, -0.05) is 69.2 Å². The molecule has 6 heteroatoms. The fourth-order valence-corrected chi connectivity index (χ4v) is 5.32. The van der Waals surface area contributed by atoms with Gasteiger partial charge in [0.05, 0.1) is 6.04 Å². The van der Waals surface area contributed by atoms with Crippen LogP contribution in [-0.2, 0) is 4.79 Å². The minimum atomic E-state index is -0.337. The minimum Gasteiger partial charge on any atom is -0.410 e. The number of rotatable bonds is 10. The van der Waals surface area contributed by atoms with Crippen molar-refractivity contribution < 1.29 is 14.3 Å². The summed E-state index contributed by atoms with van der Waals surface area (Å²) in [5.41, 5.74) is 2.27. The Balaban J connectivity index is 1.31. The summed E-state index contributed by atoms with van der Waals surface area (Å²) in [4.78, 5) is 31.9. The topological polar surface area (TPSA) is 53.1 Å². The molecule has 0 spiro atoms. The van der Waals surface area contributed by atoms with Gasteiger partial charge in [-0.3, -0.25) is 9.69 Å². The first kappa shape index (κ1) is 27.6. The first-order chi connectivity index (χ1) is 18.6. The van der Waals surface area contributed by atoms with Crippen molar-refractivity contribution in [1.82, 2.24) is 9.80 Å². The third-order valence-electron chi connectivity index (χ3n) is 7.47. The molecule has 2 aliphatic heterocycles. The van der Waals surface area contributed by atoms with Gasteiger partial charge in [0.25, 0.3) is 0 Å². The minimum absolute atomic E-state index is 0.0105. The molecule has 1 unspecified atom stereocenters. The van der Waals surface area contributed by atoms with E-state index in [1.54, 1.807) is 17.0 Å². The molecule has 0 aliphatic carbocycles. The number of para-hydroxylation sites is 2. The molecule has 2 amide bonds. The molecule has 202 valence electrons. The van der Waals surface area contributed by atoms with Crippen molar-refractivity contribution in [2.75, 3.05) is 24.5 Å². The summed E-state index contributed by atoms with van der Waals surface area (Å²) in [5, 5.41) is 0. The van der Waals surface area contributed by atoms with Crippen LogP contribution in [-0.4, -0.2) is 53.5 Å². The zero-order valence-corrected chi connectivity index (χ0v) is 22.8. The summed E-state index contributed by atoms with van der Waals surface area (Å²) in [5.74, 6) is 0.755. The Hall–Kier alpha value is -3.38. The number of piperidine rings is 1. The average molecular weight is 516 g/mol. The normalized spacial score (nSPS) is 18.2. The SMILES string of the molecule is CCCCC1C=C(CCN2CCC(N(C(=O)CC)c3ccccc3)CC2)C=CN1C(=O)Oc1ccccc1. The van der Waals surface area contributed by atoms with Crippen molar-refractivity contribution in [3.8, 4) is 5.75 Å². The Morgan fingerprint density at radius 2 is 1.66 bits per heavy atom. The van der Waals surface area contributed by atoms with E-state index in [1.165, 1.54) is 5.57 Å². The zero-order valence-electron chi connectivity index (χ0n) is 22.8. The number of likely N-dealkylation sites (tertiary alicyclic amines) is 1. The maximum Gasteiger partial charge on any atom is 0.419 e. The monoisotopic (exact) mass is 515 g/mol. The lowest BCUT2D eigenvalue weighted by Gasteiger charge is -2.39. The third-order valence-corrected chi connectivity index (χ3v) is 7.47. The van der Waals surface area contributed by atoms with E-state index in [4.69, 9.17) is 4.74 Å². The van der Waals surface area contributed by atoms with Gasteiger partial charge in [0.1, 0.15) is 5.75 Å². The summed E-state index contributed by atoms with van der Waals surface area (Å²) in [7, 11) is 0. The second-order valence-corrected chi connectivity index (χ2v) is 10.1. The largest absolute Gasteiger partial charge is 0.419 e. The number of carbonyl (C=O) groups excluding carboxylic acids is 2. The van der Waals surface area contributed by atoms with Crippen LogP contribution in [0.3, 0.4) is 0 Å². The van der Waals surface area contributed by atoms with Crippen molar-refractivity contribution in [3.63, 3.8) is 0 Å². The van der Waals surface area contributed by atoms with Crippen LogP contribution in [0.4, 0.5) is 10.5 Å². The van der Waals surface area contributed by atoms with Crippen LogP contribution in [0, 0.1) is 0 Å². The van der Waals surface area contributed by atoms with Crippen LogP contribution in [0.25, 0.3) is 0 Å². The molecule has 38 heavy (non-hydrogen) atoms. The van der Waals surface area contributed by atoms with E-state index in [-0.39, 0.29) is 24.1 Å². The quantitative estimate of drug-likeness (QED) is 0.349. The predicted molar refractivity (Wildman–Crippen MR) is 153 cm³/mol. The summed E-state index contributed by atoms with van der Waals surface area (Å²) < 4.78 is 5.61. The highest BCUT2D eigenvalue weighted by Crippen LogP contribution is 2.26. The predicted octanol–water partition coefficient (Wildman–Crippen LogP) is 6.80. The molecule has 6 nitrogen and oxygen atoms in total. The van der Waals surface area contributed by atoms with E-state index < -0.39 is 0 Å². The lowest BCUT2D eigenvalue weighted by Crippen LogP contribution is -2.47. The Bertz CT molecular complexity index is 1090. The number of hydrogen-bond acceptors (Lipinski definition) is 4. The van der Waals surface area contributed by atoms with Gasteiger partial charge in [-0.25, -0.2) is 4.79 Å². The number of benzene rings is 2. The van der Waals surface area contributed by atoms with Crippen molar-refractivity contribution in [2.24, 2.45) is 0 Å². The fraction of sp³-hybridized carbons (Fsp3) is 0.438. The number of anilines is 1. The summed E-state index contributed by atoms with van der Waals surface area (Å²) in [6.07, 6.45) is 12.3. The molecule has 2 aromatic rings. The number of nitrogens with zero attached hydrogens (tertiary/aromatic N) is 3. The van der Waals surface area contributed by atoms with E-state index in [9.17, 15) is 9.59 Å². The van der Waals surface area contributed by atoms with Crippen molar-refractivity contribution in [2.45, 2.75) is 70.9 Å². The third kappa shape index (κ3) is 7.35. The molecular weight excluding hydrogens is 474 g/mol. The molecule has 0 N–H and O–H groups in total. The molecule has 2 heterocycles. The molecule has 0 bridgehead atoms. The zero-order chi connectivity index (χ0) is 26.7. The Kier molecular flexibility index (Phi) is 10.2. The van der Waals surface area contributed by atoms with Crippen LogP contribution in [0.5, 0.6) is 5.75 Å². The molecule has 2 aliphatic rings. The number of amides is 2. The van der Waals surface area contributed by atoms with Crippen LogP contribution < -0.4 is 9.64 Å². The highest BCUT2D eigenvalue weighted by molar-refractivity contribution is 5.93. The molecule has 0 aromatic heterocycles. The smallest absolute Gasteiger partial charge is 0.410 e. The second-order valence-electron chi connectivity index (χ2n) is 10.1. The molecule has 0 radical (unpaired) electrons. The number of allylic oxidation sites excluding steroid dienone is 1. The Morgan fingerprint density at radius 1 is 0.974 bits per heavy atom. The Morgan fingerprint density at radius 3 is 2.32 bits per heavy atom. The first-order valence-electron chi connectivity index (χ1n) is 14.1. The molecule has 1 fully saturated rings. The highest BCUT2D eigenvalue weighted by atomic mass is 16.6. The van der Waals surface area contributed by atoms with E-state index in [1.807, 2.05) is 66.6 Å². The number of hydrogen-bond donors (Lipinski definition) is 0. The summed E-state index contributed by atoms with van der Waals surface area (Å²) in [6, 6.07) is 19.6. The first-order valence-corrected chi connectivity index (χ1v) is 14.1. The van der Waals surface area contributed by atoms with Crippen molar-refractivity contribution in [3.05, 3.63) is 84.6 Å². The standard InChI is InChI=1S/C32H41N3O3/c1-3-5-12-29-25-26(18-24-34(29)32(37)38-30-15-10-7-11-16-30)17-21-33-22-19-28(20-23-33)35(31(36)4-2)27-13-8-6-9-14-27/h6-11,13-16,18,24-25,28-29H,3-5,12,17,19-23H2,1-2H3. The lowest BCUT2D eigenvalue weighted by atomic mass is 9.98. The molecular formula is C32H41N3O3. The van der Waals surface area contributed by atoms with Crippen molar-refractivity contribution in [1.29, 1.82) is 0 Å². The van der Waals surface area contributed by atoms with Crippen molar-refractivity contribution >= 4 is 17.7 Å². The fourth-order valence-electron chi connectivity index (χ4n) is 5.32. The maximum absolute atomic E-state index is 12.9. The van der Waals surface area contributed by atoms with Gasteiger partial charge in [-0.2, -0.15) is 0 Å². The summed E-state index contributed by atoms with van der Waals surface area (Å²) in [6.45, 7) is 7.06. The molecule has 0 saturated carbocycles. The second kappa shape index (κ2) is 14.0. The molecule has 4 rings (SSSR count). The van der Waals surface area contributed by atoms with Crippen LogP contribution in [0.1, 0.15) is 58.8 Å². The van der Waals surface area contributed by atoms with Crippen LogP contribution in [0.2, 0.25) is 0 Å². The van der Waals surface area contributed by atoms with E-state index >= 15 is 0 Å². The number of unbranched alkanes of at least 4 members (excludes halogenated alkanes) is 1. The van der Waals surface area contributed by atoms with Crippen LogP contribution in [0.15, 0.2) is 84.6 Å². The number of carbonyl (C=O) groups is 2. The van der Waals surface area contributed by atoms with E-state index in [0.717, 1.165) is 63.8 Å². The Labute approximate surface area is 227 Å². The molecule has 2 aromatic carbocycles. The van der Waals surface area contributed by atoms with E-state index in [2.05, 4.69) is 24.0 Å². The van der Waals surface area contributed by atoms with Gasteiger partial charge in [-0.05, 0) is 61.6 Å². The number of ether oxygens (including phenoxy) is 1. The van der Waals surface area contributed by atoms with E-state index in [0.29, 0.717) is 12.2 Å². The maximum atomic E-state index is 12.9. The van der Waals surface area contributed by atoms with Gasteiger partial charge in [-0.15, -0.1) is 0 Å². The van der Waals surface area contributed by atoms with Gasteiger partial charge in [0.15, 0.2) is 0 Å². The molecule has 1 saturated heterocycles. The average Bonchev–Trinajstić information content (AvgIpc) is 2.96. The van der Waals surface area contributed by atoms with Gasteiger partial charge >= 0.3 is 6.09 Å². The van der Waals surface area contributed by atoms with Gasteiger partial charge < -0.3 is 14.5 Å². The summed E-state index contributed by atoms with van der Waals surface area (Å²) >= 11 is 0. The van der Waals surface area contributed by atoms with Gasteiger partial charge in [0, 0.05) is 44.0 Å². The lowest BCUT2D eigenvalue weighted by molar-refractivity contribution is -0.119. The highest BCUT2D eigenvalue weighted by Gasteiger charge is 2.29.